The molecule has 1 aromatic rings. The second-order valence-corrected chi connectivity index (χ2v) is 28.8. The van der Waals surface area contributed by atoms with Gasteiger partial charge in [0, 0.05) is 0 Å². The average molecular weight is 718 g/mol. The molecule has 0 radical (unpaired) electrons. The maximum atomic E-state index is 2.47. The quantitative estimate of drug-likeness (QED) is 0.0484. The van der Waals surface area contributed by atoms with E-state index in [0.717, 1.165) is 0 Å². The predicted molar refractivity (Wildman–Crippen MR) is 206 cm³/mol. The van der Waals surface area contributed by atoms with E-state index >= 15 is 0 Å². The molecule has 0 bridgehead atoms. The Morgan fingerprint density at radius 1 is 0.318 bits per heavy atom. The molecule has 0 fully saturated rings. The summed E-state index contributed by atoms with van der Waals surface area (Å²) in [6.45, 7) is 6.99. The standard InChI is InChI=1S/3C12H25.C7H7.Sn/c3*1-3-5-7-9-11-12-10-8-6-4-2;1-7-5-3-2-4-6-7;/h3*1,3-12H2,2H3;2-6H,1H2;. The average Bonchev–Trinajstić information content (AvgIpc) is 3.04. The molecule has 1 heteroatoms. The molecular formula is C43H82Sn. The Bertz CT molecular complexity index is 607. The zero-order valence-electron chi connectivity index (χ0n) is 30.9. The first kappa shape index (κ1) is 42.0. The molecule has 258 valence electrons. The van der Waals surface area contributed by atoms with E-state index in [-0.39, 0.29) is 0 Å². The molecule has 0 saturated carbocycles. The minimum atomic E-state index is -2.25. The van der Waals surface area contributed by atoms with Gasteiger partial charge in [0.15, 0.2) is 0 Å². The zero-order chi connectivity index (χ0) is 31.7. The van der Waals surface area contributed by atoms with Crippen LogP contribution in [0.25, 0.3) is 0 Å². The van der Waals surface area contributed by atoms with E-state index in [1.165, 1.54) is 178 Å². The monoisotopic (exact) mass is 719 g/mol. The maximum absolute atomic E-state index is 2.47. The third kappa shape index (κ3) is 26.1. The number of hydrogen-bond acceptors (Lipinski definition) is 0. The van der Waals surface area contributed by atoms with Gasteiger partial charge in [0.1, 0.15) is 0 Å². The van der Waals surface area contributed by atoms with E-state index in [4.69, 9.17) is 0 Å². The molecule has 0 atom stereocenters. The van der Waals surface area contributed by atoms with Crippen molar-refractivity contribution in [3.05, 3.63) is 35.9 Å². The Morgan fingerprint density at radius 2 is 0.568 bits per heavy atom. The summed E-state index contributed by atoms with van der Waals surface area (Å²) >= 11 is -2.25. The van der Waals surface area contributed by atoms with Crippen LogP contribution in [0.3, 0.4) is 0 Å². The van der Waals surface area contributed by atoms with Crippen LogP contribution in [0.2, 0.25) is 13.3 Å². The number of hydrogen-bond donors (Lipinski definition) is 0. The molecule has 0 unspecified atom stereocenters. The van der Waals surface area contributed by atoms with Gasteiger partial charge < -0.3 is 0 Å². The Kier molecular flexibility index (Phi) is 31.5. The van der Waals surface area contributed by atoms with Gasteiger partial charge in [-0.2, -0.15) is 0 Å². The van der Waals surface area contributed by atoms with Crippen LogP contribution in [0, 0.1) is 0 Å². The topological polar surface area (TPSA) is 0 Å². The van der Waals surface area contributed by atoms with Gasteiger partial charge >= 0.3 is 285 Å². The van der Waals surface area contributed by atoms with Gasteiger partial charge in [0.05, 0.1) is 0 Å². The molecule has 0 heterocycles. The van der Waals surface area contributed by atoms with Crippen LogP contribution in [-0.4, -0.2) is 18.4 Å². The summed E-state index contributed by atoms with van der Waals surface area (Å²) in [6, 6.07) is 11.8. The van der Waals surface area contributed by atoms with Crippen LogP contribution in [0.15, 0.2) is 30.3 Å². The van der Waals surface area contributed by atoms with Gasteiger partial charge in [-0.3, -0.25) is 0 Å². The Labute approximate surface area is 284 Å². The number of unbranched alkanes of at least 4 members (excludes halogenated alkanes) is 27. The first-order chi connectivity index (χ1) is 21.8. The van der Waals surface area contributed by atoms with E-state index in [9.17, 15) is 0 Å². The molecule has 0 nitrogen and oxygen atoms in total. The van der Waals surface area contributed by atoms with E-state index < -0.39 is 18.4 Å². The summed E-state index contributed by atoms with van der Waals surface area (Å²) in [6.07, 6.45) is 44.3. The van der Waals surface area contributed by atoms with Crippen molar-refractivity contribution in [3.63, 3.8) is 0 Å². The molecule has 44 heavy (non-hydrogen) atoms. The molecule has 0 aromatic heterocycles. The molecule has 0 spiro atoms. The van der Waals surface area contributed by atoms with Crippen molar-refractivity contribution in [2.75, 3.05) is 0 Å². The fourth-order valence-electron chi connectivity index (χ4n) is 7.63. The Hall–Kier alpha value is 0.0187. The number of benzene rings is 1. The van der Waals surface area contributed by atoms with Crippen molar-refractivity contribution in [3.8, 4) is 0 Å². The van der Waals surface area contributed by atoms with E-state index in [1.54, 1.807) is 38.1 Å². The molecule has 0 aliphatic rings. The van der Waals surface area contributed by atoms with E-state index in [0.29, 0.717) is 0 Å². The van der Waals surface area contributed by atoms with Gasteiger partial charge in [-0.1, -0.05) is 0 Å². The summed E-state index contributed by atoms with van der Waals surface area (Å²) in [5, 5.41) is 0. The number of rotatable bonds is 35. The van der Waals surface area contributed by atoms with Gasteiger partial charge in [-0.05, 0) is 0 Å². The Morgan fingerprint density at radius 3 is 0.841 bits per heavy atom. The van der Waals surface area contributed by atoms with Crippen LogP contribution in [-0.2, 0) is 4.44 Å². The molecular weight excluding hydrogens is 635 g/mol. The third-order valence-corrected chi connectivity index (χ3v) is 26.0. The first-order valence-corrected chi connectivity index (χ1v) is 28.9. The molecule has 0 aliphatic heterocycles. The summed E-state index contributed by atoms with van der Waals surface area (Å²) in [5.41, 5.74) is 1.69. The van der Waals surface area contributed by atoms with Gasteiger partial charge in [0.25, 0.3) is 0 Å². The summed E-state index contributed by atoms with van der Waals surface area (Å²) in [4.78, 5) is 0. The van der Waals surface area contributed by atoms with E-state index in [1.807, 2.05) is 0 Å². The molecule has 0 aliphatic carbocycles. The first-order valence-electron chi connectivity index (χ1n) is 20.8. The van der Waals surface area contributed by atoms with Crippen molar-refractivity contribution < 1.29 is 0 Å². The van der Waals surface area contributed by atoms with E-state index in [2.05, 4.69) is 51.1 Å². The minimum absolute atomic E-state index is 1.37. The van der Waals surface area contributed by atoms with Crippen LogP contribution < -0.4 is 0 Å². The molecule has 0 N–H and O–H groups in total. The fraction of sp³-hybridized carbons (Fsp3) is 0.860. The van der Waals surface area contributed by atoms with Crippen LogP contribution in [0.4, 0.5) is 0 Å². The third-order valence-electron chi connectivity index (χ3n) is 10.6. The molecule has 1 rings (SSSR count). The van der Waals surface area contributed by atoms with Crippen molar-refractivity contribution in [2.45, 2.75) is 231 Å². The van der Waals surface area contributed by atoms with Gasteiger partial charge in [-0.25, -0.2) is 0 Å². The fourth-order valence-corrected chi connectivity index (χ4v) is 23.0. The van der Waals surface area contributed by atoms with Crippen molar-refractivity contribution in [1.29, 1.82) is 0 Å². The predicted octanol–water partition coefficient (Wildman–Crippen LogP) is 16.0. The zero-order valence-corrected chi connectivity index (χ0v) is 33.8. The Balaban J connectivity index is 2.58. The summed E-state index contributed by atoms with van der Waals surface area (Å²) < 4.78 is 6.56. The molecule has 0 saturated heterocycles. The van der Waals surface area contributed by atoms with Crippen LogP contribution in [0.5, 0.6) is 0 Å². The summed E-state index contributed by atoms with van der Waals surface area (Å²) in [5.74, 6) is 0. The van der Waals surface area contributed by atoms with Crippen molar-refractivity contribution in [2.24, 2.45) is 0 Å². The van der Waals surface area contributed by atoms with Crippen LogP contribution in [0.1, 0.15) is 219 Å². The molecule has 1 aromatic carbocycles. The van der Waals surface area contributed by atoms with Crippen LogP contribution >= 0.6 is 0 Å². The SMILES string of the molecule is CCCCCCCCCCC[CH2][Sn]([CH2]CCCCCCCCCCC)([CH2]CCCCCCCCCCC)[CH2]c1ccccc1. The second-order valence-electron chi connectivity index (χ2n) is 15.0. The normalized spacial score (nSPS) is 11.9. The van der Waals surface area contributed by atoms with Gasteiger partial charge in [-0.15, -0.1) is 0 Å². The van der Waals surface area contributed by atoms with Gasteiger partial charge in [0.2, 0.25) is 0 Å². The molecule has 0 amide bonds. The second kappa shape index (κ2) is 32.9. The van der Waals surface area contributed by atoms with Crippen molar-refractivity contribution >= 4 is 18.4 Å². The van der Waals surface area contributed by atoms with Crippen molar-refractivity contribution in [1.82, 2.24) is 0 Å². The summed E-state index contributed by atoms with van der Waals surface area (Å²) in [7, 11) is 0.